The molecule has 0 aliphatic carbocycles. The fraction of sp³-hybridized carbons (Fsp3) is 0.444. The largest absolute Gasteiger partial charge is 0.491 e. The van der Waals surface area contributed by atoms with Crippen LogP contribution in [-0.2, 0) is 17.7 Å². The van der Waals surface area contributed by atoms with E-state index in [0.29, 0.717) is 25.6 Å². The minimum atomic E-state index is -0.277. The van der Waals surface area contributed by atoms with Crippen LogP contribution in [0.15, 0.2) is 29.1 Å². The molecule has 3 rings (SSSR count). The Balaban J connectivity index is 1.82. The molecule has 0 atom stereocenters. The molecule has 0 fully saturated rings. The summed E-state index contributed by atoms with van der Waals surface area (Å²) >= 11 is 0. The van der Waals surface area contributed by atoms with Gasteiger partial charge < -0.3 is 14.2 Å². The molecule has 0 bridgehead atoms. The molecule has 1 aliphatic heterocycles. The highest BCUT2D eigenvalue weighted by Gasteiger charge is 2.19. The SMILES string of the molecule is COc1cc2n(c(=O)n1)CCc1cc(OCCOC(C)C)ccc1-2. The lowest BCUT2D eigenvalue weighted by atomic mass is 9.97. The van der Waals surface area contributed by atoms with E-state index in [1.54, 1.807) is 10.6 Å². The highest BCUT2D eigenvalue weighted by atomic mass is 16.5. The van der Waals surface area contributed by atoms with Crippen LogP contribution in [0.1, 0.15) is 19.4 Å². The van der Waals surface area contributed by atoms with E-state index in [-0.39, 0.29) is 11.8 Å². The second-order valence-corrected chi connectivity index (χ2v) is 5.95. The highest BCUT2D eigenvalue weighted by Crippen LogP contribution is 2.32. The van der Waals surface area contributed by atoms with Gasteiger partial charge >= 0.3 is 5.69 Å². The van der Waals surface area contributed by atoms with E-state index in [0.717, 1.165) is 29.0 Å². The maximum Gasteiger partial charge on any atom is 0.351 e. The Morgan fingerprint density at radius 1 is 1.25 bits per heavy atom. The summed E-state index contributed by atoms with van der Waals surface area (Å²) in [5, 5.41) is 0. The van der Waals surface area contributed by atoms with Crippen molar-refractivity contribution < 1.29 is 14.2 Å². The average molecular weight is 330 g/mol. The summed E-state index contributed by atoms with van der Waals surface area (Å²) in [6.07, 6.45) is 0.978. The van der Waals surface area contributed by atoms with Gasteiger partial charge in [-0.05, 0) is 44.0 Å². The number of rotatable bonds is 6. The summed E-state index contributed by atoms with van der Waals surface area (Å²) in [4.78, 5) is 16.0. The lowest BCUT2D eigenvalue weighted by molar-refractivity contribution is 0.0552. The first-order valence-corrected chi connectivity index (χ1v) is 8.12. The van der Waals surface area contributed by atoms with Crippen LogP contribution in [0.3, 0.4) is 0 Å². The van der Waals surface area contributed by atoms with Gasteiger partial charge in [-0.3, -0.25) is 4.57 Å². The molecule has 128 valence electrons. The zero-order chi connectivity index (χ0) is 17.1. The molecule has 6 nitrogen and oxygen atoms in total. The molecule has 0 spiro atoms. The summed E-state index contributed by atoms with van der Waals surface area (Å²) in [5.41, 5.74) is 2.73. The summed E-state index contributed by atoms with van der Waals surface area (Å²) in [7, 11) is 1.51. The van der Waals surface area contributed by atoms with Crippen molar-refractivity contribution in [2.24, 2.45) is 0 Å². The van der Waals surface area contributed by atoms with Crippen molar-refractivity contribution >= 4 is 0 Å². The second-order valence-electron chi connectivity index (χ2n) is 5.95. The number of aryl methyl sites for hydroxylation is 1. The molecular formula is C18H22N2O4. The number of ether oxygens (including phenoxy) is 3. The average Bonchev–Trinajstić information content (AvgIpc) is 2.58. The van der Waals surface area contributed by atoms with Crippen LogP contribution >= 0.6 is 0 Å². The van der Waals surface area contributed by atoms with Gasteiger partial charge in [0, 0.05) is 18.2 Å². The molecular weight excluding hydrogens is 308 g/mol. The molecule has 0 saturated heterocycles. The lowest BCUT2D eigenvalue weighted by Crippen LogP contribution is -2.28. The lowest BCUT2D eigenvalue weighted by Gasteiger charge is -2.22. The fourth-order valence-electron chi connectivity index (χ4n) is 2.82. The molecule has 0 saturated carbocycles. The third kappa shape index (κ3) is 3.43. The minimum Gasteiger partial charge on any atom is -0.491 e. The van der Waals surface area contributed by atoms with E-state index in [1.807, 2.05) is 32.0 Å². The number of aromatic nitrogens is 2. The van der Waals surface area contributed by atoms with E-state index >= 15 is 0 Å². The number of hydrogen-bond acceptors (Lipinski definition) is 5. The van der Waals surface area contributed by atoms with Crippen LogP contribution in [0.4, 0.5) is 0 Å². The van der Waals surface area contributed by atoms with Crippen LogP contribution in [-0.4, -0.2) is 36.0 Å². The Morgan fingerprint density at radius 3 is 2.83 bits per heavy atom. The first kappa shape index (κ1) is 16.5. The molecule has 1 aromatic heterocycles. The van der Waals surface area contributed by atoms with Gasteiger partial charge in [-0.15, -0.1) is 0 Å². The van der Waals surface area contributed by atoms with Gasteiger partial charge in [0.05, 0.1) is 25.5 Å². The maximum absolute atomic E-state index is 12.1. The van der Waals surface area contributed by atoms with Crippen molar-refractivity contribution in [1.82, 2.24) is 9.55 Å². The van der Waals surface area contributed by atoms with Crippen molar-refractivity contribution in [2.75, 3.05) is 20.3 Å². The first-order chi connectivity index (χ1) is 11.6. The zero-order valence-electron chi connectivity index (χ0n) is 14.2. The van der Waals surface area contributed by atoms with Crippen molar-refractivity contribution in [3.63, 3.8) is 0 Å². The Bertz CT molecular complexity index is 783. The summed E-state index contributed by atoms with van der Waals surface area (Å²) in [6.45, 7) is 5.70. The van der Waals surface area contributed by atoms with Crippen molar-refractivity contribution in [3.8, 4) is 22.9 Å². The van der Waals surface area contributed by atoms with Crippen LogP contribution in [0.2, 0.25) is 0 Å². The molecule has 0 N–H and O–H groups in total. The Labute approximate surface area is 141 Å². The topological polar surface area (TPSA) is 62.6 Å². The number of methoxy groups -OCH3 is 1. The predicted octanol–water partition coefficient (Wildman–Crippen LogP) is 2.28. The number of hydrogen-bond donors (Lipinski definition) is 0. The Morgan fingerprint density at radius 2 is 2.08 bits per heavy atom. The third-order valence-corrected chi connectivity index (χ3v) is 3.96. The molecule has 2 aromatic rings. The van der Waals surface area contributed by atoms with Gasteiger partial charge in [0.15, 0.2) is 0 Å². The van der Waals surface area contributed by atoms with Crippen molar-refractivity contribution in [2.45, 2.75) is 32.9 Å². The summed E-state index contributed by atoms with van der Waals surface area (Å²) < 4.78 is 18.0. The van der Waals surface area contributed by atoms with Crippen LogP contribution in [0.25, 0.3) is 11.3 Å². The quantitative estimate of drug-likeness (QED) is 0.761. The standard InChI is InChI=1S/C18H22N2O4/c1-12(2)23-8-9-24-14-4-5-15-13(10-14)6-7-20-16(15)11-17(22-3)19-18(20)21/h4-5,10-12H,6-9H2,1-3H3. The highest BCUT2D eigenvalue weighted by molar-refractivity contribution is 5.67. The van der Waals surface area contributed by atoms with Gasteiger partial charge in [-0.25, -0.2) is 4.79 Å². The van der Waals surface area contributed by atoms with Gasteiger partial charge in [0.2, 0.25) is 5.88 Å². The van der Waals surface area contributed by atoms with E-state index < -0.39 is 0 Å². The van der Waals surface area contributed by atoms with E-state index in [2.05, 4.69) is 4.98 Å². The molecule has 2 heterocycles. The van der Waals surface area contributed by atoms with Crippen LogP contribution < -0.4 is 15.2 Å². The van der Waals surface area contributed by atoms with Crippen molar-refractivity contribution in [1.29, 1.82) is 0 Å². The fourth-order valence-corrected chi connectivity index (χ4v) is 2.82. The van der Waals surface area contributed by atoms with Gasteiger partial charge in [-0.1, -0.05) is 0 Å². The van der Waals surface area contributed by atoms with Gasteiger partial charge in [0.25, 0.3) is 0 Å². The number of fused-ring (bicyclic) bond motifs is 3. The van der Waals surface area contributed by atoms with E-state index in [4.69, 9.17) is 14.2 Å². The van der Waals surface area contributed by atoms with Crippen LogP contribution in [0, 0.1) is 0 Å². The predicted molar refractivity (Wildman–Crippen MR) is 90.8 cm³/mol. The van der Waals surface area contributed by atoms with Gasteiger partial charge in [0.1, 0.15) is 12.4 Å². The molecule has 24 heavy (non-hydrogen) atoms. The van der Waals surface area contributed by atoms with E-state index in [1.165, 1.54) is 7.11 Å². The van der Waals surface area contributed by atoms with E-state index in [9.17, 15) is 4.79 Å². The van der Waals surface area contributed by atoms with Crippen molar-refractivity contribution in [3.05, 3.63) is 40.3 Å². The number of nitrogens with zero attached hydrogens (tertiary/aromatic N) is 2. The third-order valence-electron chi connectivity index (χ3n) is 3.96. The normalized spacial score (nSPS) is 12.7. The molecule has 1 aromatic carbocycles. The summed E-state index contributed by atoms with van der Waals surface area (Å²) in [6, 6.07) is 7.74. The Hall–Kier alpha value is -2.34. The second kappa shape index (κ2) is 7.05. The first-order valence-electron chi connectivity index (χ1n) is 8.12. The summed E-state index contributed by atoms with van der Waals surface area (Å²) in [5.74, 6) is 1.16. The van der Waals surface area contributed by atoms with Crippen LogP contribution in [0.5, 0.6) is 11.6 Å². The smallest absolute Gasteiger partial charge is 0.351 e. The molecule has 0 radical (unpaired) electrons. The van der Waals surface area contributed by atoms with Gasteiger partial charge in [-0.2, -0.15) is 4.98 Å². The molecule has 0 amide bonds. The minimum absolute atomic E-state index is 0.204. The molecule has 1 aliphatic rings. The molecule has 6 heteroatoms. The maximum atomic E-state index is 12.1. The number of benzene rings is 1. The molecule has 0 unspecified atom stereocenters. The zero-order valence-corrected chi connectivity index (χ0v) is 14.2. The monoisotopic (exact) mass is 330 g/mol. The Kier molecular flexibility index (Phi) is 4.85.